The van der Waals surface area contributed by atoms with Gasteiger partial charge in [0.15, 0.2) is 5.82 Å². The lowest BCUT2D eigenvalue weighted by Crippen LogP contribution is -2.40. The van der Waals surface area contributed by atoms with Gasteiger partial charge in [-0.15, -0.1) is 0 Å². The Hall–Kier alpha value is -2.48. The lowest BCUT2D eigenvalue weighted by atomic mass is 10.2. The molecule has 0 radical (unpaired) electrons. The van der Waals surface area contributed by atoms with Crippen LogP contribution < -0.4 is 4.74 Å². The van der Waals surface area contributed by atoms with Crippen molar-refractivity contribution in [2.75, 3.05) is 32.8 Å². The van der Waals surface area contributed by atoms with Gasteiger partial charge in [0.2, 0.25) is 11.8 Å². The molecule has 1 unspecified atom stereocenters. The highest BCUT2D eigenvalue weighted by Crippen LogP contribution is 2.31. The maximum Gasteiger partial charge on any atom is 0.249 e. The molecule has 2 aliphatic rings. The van der Waals surface area contributed by atoms with Crippen LogP contribution in [0.5, 0.6) is 5.75 Å². The Balaban J connectivity index is 1.30. The van der Waals surface area contributed by atoms with Crippen LogP contribution in [0, 0.1) is 5.82 Å². The molecule has 4 rings (SSSR count). The number of amides is 1. The second-order valence-electron chi connectivity index (χ2n) is 8.04. The van der Waals surface area contributed by atoms with Gasteiger partial charge < -0.3 is 14.2 Å². The summed E-state index contributed by atoms with van der Waals surface area (Å²) in [5.41, 5.74) is 0. The van der Waals surface area contributed by atoms with Crippen LogP contribution in [0.2, 0.25) is 0 Å². The monoisotopic (exact) mass is 416 g/mol. The highest BCUT2D eigenvalue weighted by molar-refractivity contribution is 5.79. The molecule has 3 heterocycles. The molecule has 30 heavy (non-hydrogen) atoms. The molecular weight excluding hydrogens is 387 g/mol. The van der Waals surface area contributed by atoms with Crippen LogP contribution >= 0.6 is 0 Å². The van der Waals surface area contributed by atoms with E-state index in [1.807, 2.05) is 4.90 Å². The molecule has 8 heteroatoms. The maximum absolute atomic E-state index is 12.9. The number of likely N-dealkylation sites (tertiary alicyclic amines) is 2. The Labute approximate surface area is 176 Å². The molecule has 2 aliphatic heterocycles. The van der Waals surface area contributed by atoms with E-state index in [2.05, 4.69) is 15.0 Å². The summed E-state index contributed by atoms with van der Waals surface area (Å²) in [6.07, 6.45) is 7.13. The Morgan fingerprint density at radius 2 is 1.87 bits per heavy atom. The fraction of sp³-hybridized carbons (Fsp3) is 0.591. The van der Waals surface area contributed by atoms with Gasteiger partial charge in [-0.3, -0.25) is 9.69 Å². The number of halogens is 1. The van der Waals surface area contributed by atoms with Crippen molar-refractivity contribution in [3.63, 3.8) is 0 Å². The number of hydrogen-bond donors (Lipinski definition) is 0. The number of rotatable bonds is 7. The topological polar surface area (TPSA) is 71.7 Å². The van der Waals surface area contributed by atoms with Crippen molar-refractivity contribution in [3.8, 4) is 5.75 Å². The minimum atomic E-state index is -0.295. The van der Waals surface area contributed by atoms with E-state index in [-0.39, 0.29) is 17.8 Å². The summed E-state index contributed by atoms with van der Waals surface area (Å²) < 4.78 is 24.0. The van der Waals surface area contributed by atoms with E-state index in [4.69, 9.17) is 9.26 Å². The molecule has 1 amide bonds. The average Bonchev–Trinajstić information content (AvgIpc) is 3.34. The Morgan fingerprint density at radius 1 is 1.10 bits per heavy atom. The second-order valence-corrected chi connectivity index (χ2v) is 8.04. The highest BCUT2D eigenvalue weighted by atomic mass is 19.1. The van der Waals surface area contributed by atoms with Crippen LogP contribution in [0.1, 0.15) is 56.3 Å². The zero-order chi connectivity index (χ0) is 20.8. The molecule has 0 spiro atoms. The van der Waals surface area contributed by atoms with Gasteiger partial charge in [0.05, 0.1) is 13.2 Å². The largest absolute Gasteiger partial charge is 0.493 e. The van der Waals surface area contributed by atoms with Crippen LogP contribution in [0.4, 0.5) is 4.39 Å². The van der Waals surface area contributed by atoms with E-state index < -0.39 is 0 Å². The molecule has 7 nitrogen and oxygen atoms in total. The fourth-order valence-electron chi connectivity index (χ4n) is 4.19. The van der Waals surface area contributed by atoms with Crippen molar-refractivity contribution >= 4 is 5.91 Å². The number of benzene rings is 1. The van der Waals surface area contributed by atoms with Crippen LogP contribution in [0.3, 0.4) is 0 Å². The number of nitrogens with zero attached hydrogens (tertiary/aromatic N) is 4. The standard InChI is InChI=1S/C22H29FN4O3/c23-17-7-9-18(10-8-17)29-15-11-20-24-22(30-25-20)19-6-5-14-27(19)21(28)16-26-12-3-1-2-4-13-26/h7-10,19H,1-6,11-16H2. The van der Waals surface area contributed by atoms with Gasteiger partial charge in [0, 0.05) is 13.0 Å². The quantitative estimate of drug-likeness (QED) is 0.689. The first-order valence-electron chi connectivity index (χ1n) is 10.9. The molecule has 2 aromatic rings. The zero-order valence-electron chi connectivity index (χ0n) is 17.3. The van der Waals surface area contributed by atoms with Crippen molar-refractivity contribution in [1.29, 1.82) is 0 Å². The summed E-state index contributed by atoms with van der Waals surface area (Å²) in [5, 5.41) is 4.05. The molecule has 0 aliphatic carbocycles. The molecule has 2 saturated heterocycles. The smallest absolute Gasteiger partial charge is 0.249 e. The van der Waals surface area contributed by atoms with Gasteiger partial charge in [-0.1, -0.05) is 18.0 Å². The molecule has 0 saturated carbocycles. The molecule has 162 valence electrons. The normalized spacial score (nSPS) is 20.3. The number of aromatic nitrogens is 2. The molecule has 1 aromatic carbocycles. The van der Waals surface area contributed by atoms with Gasteiger partial charge in [-0.05, 0) is 63.0 Å². The number of carbonyl (C=O) groups excluding carboxylic acids is 1. The summed E-state index contributed by atoms with van der Waals surface area (Å²) >= 11 is 0. The van der Waals surface area contributed by atoms with E-state index in [0.29, 0.717) is 37.0 Å². The first-order chi connectivity index (χ1) is 14.7. The first kappa shape index (κ1) is 20.8. The lowest BCUT2D eigenvalue weighted by Gasteiger charge is -2.26. The summed E-state index contributed by atoms with van der Waals surface area (Å²) in [6.45, 7) is 3.59. The summed E-state index contributed by atoms with van der Waals surface area (Å²) in [7, 11) is 0. The third kappa shape index (κ3) is 5.36. The average molecular weight is 416 g/mol. The number of carbonyl (C=O) groups is 1. The number of ether oxygens (including phenoxy) is 1. The van der Waals surface area contributed by atoms with Crippen LogP contribution in [0.15, 0.2) is 28.8 Å². The third-order valence-corrected chi connectivity index (χ3v) is 5.81. The fourth-order valence-corrected chi connectivity index (χ4v) is 4.19. The van der Waals surface area contributed by atoms with Crippen molar-refractivity contribution < 1.29 is 18.4 Å². The lowest BCUT2D eigenvalue weighted by molar-refractivity contribution is -0.133. The molecule has 1 atom stereocenters. The molecule has 0 N–H and O–H groups in total. The number of hydrogen-bond acceptors (Lipinski definition) is 6. The van der Waals surface area contributed by atoms with E-state index >= 15 is 0 Å². The van der Waals surface area contributed by atoms with E-state index in [0.717, 1.165) is 32.5 Å². The molecule has 0 bridgehead atoms. The van der Waals surface area contributed by atoms with Crippen molar-refractivity contribution in [2.45, 2.75) is 51.0 Å². The predicted molar refractivity (Wildman–Crippen MR) is 108 cm³/mol. The summed E-state index contributed by atoms with van der Waals surface area (Å²) in [4.78, 5) is 21.6. The maximum atomic E-state index is 12.9. The van der Waals surface area contributed by atoms with Crippen LogP contribution in [0.25, 0.3) is 0 Å². The van der Waals surface area contributed by atoms with E-state index in [9.17, 15) is 9.18 Å². The molecule has 1 aromatic heterocycles. The van der Waals surface area contributed by atoms with Gasteiger partial charge in [0.1, 0.15) is 17.6 Å². The van der Waals surface area contributed by atoms with Gasteiger partial charge >= 0.3 is 0 Å². The highest BCUT2D eigenvalue weighted by Gasteiger charge is 2.34. The van der Waals surface area contributed by atoms with E-state index in [1.54, 1.807) is 12.1 Å². The van der Waals surface area contributed by atoms with Crippen molar-refractivity contribution in [3.05, 3.63) is 41.8 Å². The molecular formula is C22H29FN4O3. The third-order valence-electron chi connectivity index (χ3n) is 5.81. The van der Waals surface area contributed by atoms with Crippen molar-refractivity contribution in [2.24, 2.45) is 0 Å². The Morgan fingerprint density at radius 3 is 2.63 bits per heavy atom. The van der Waals surface area contributed by atoms with E-state index in [1.165, 1.54) is 37.8 Å². The molecule has 2 fully saturated rings. The summed E-state index contributed by atoms with van der Waals surface area (Å²) in [5.74, 6) is 1.52. The second kappa shape index (κ2) is 10.0. The minimum Gasteiger partial charge on any atom is -0.493 e. The van der Waals surface area contributed by atoms with Gasteiger partial charge in [-0.25, -0.2) is 4.39 Å². The Kier molecular flexibility index (Phi) is 6.94. The van der Waals surface area contributed by atoms with Crippen LogP contribution in [-0.2, 0) is 11.2 Å². The SMILES string of the molecule is O=C(CN1CCCCCC1)N1CCCC1c1nc(CCOc2ccc(F)cc2)no1. The first-order valence-corrected chi connectivity index (χ1v) is 10.9. The minimum absolute atomic E-state index is 0.135. The van der Waals surface area contributed by atoms with Crippen LogP contribution in [-0.4, -0.2) is 58.6 Å². The Bertz CT molecular complexity index is 818. The zero-order valence-corrected chi connectivity index (χ0v) is 17.3. The van der Waals surface area contributed by atoms with Gasteiger partial charge in [-0.2, -0.15) is 4.98 Å². The summed E-state index contributed by atoms with van der Waals surface area (Å²) in [6, 6.07) is 5.76. The van der Waals surface area contributed by atoms with Gasteiger partial charge in [0.25, 0.3) is 0 Å². The predicted octanol–water partition coefficient (Wildman–Crippen LogP) is 3.37. The van der Waals surface area contributed by atoms with Crippen molar-refractivity contribution in [1.82, 2.24) is 19.9 Å².